The van der Waals surface area contributed by atoms with E-state index in [0.29, 0.717) is 5.56 Å². The van der Waals surface area contributed by atoms with E-state index in [4.69, 9.17) is 5.11 Å². The molecule has 0 spiro atoms. The van der Waals surface area contributed by atoms with Crippen molar-refractivity contribution in [2.45, 2.75) is 40.0 Å². The Morgan fingerprint density at radius 3 is 2.18 bits per heavy atom. The van der Waals surface area contributed by atoms with Crippen molar-refractivity contribution in [1.82, 2.24) is 5.32 Å². The molecule has 5 heteroatoms. The van der Waals surface area contributed by atoms with Gasteiger partial charge in [-0.25, -0.2) is 0 Å². The molecule has 22 heavy (non-hydrogen) atoms. The number of nitrogens with one attached hydrogen (secondary N) is 1. The van der Waals surface area contributed by atoms with E-state index >= 15 is 0 Å². The summed E-state index contributed by atoms with van der Waals surface area (Å²) in [7, 11) is 0. The SMILES string of the molecule is CCc1ccc(C(=O)CCC(=O)NCC(C)(C)C(=O)O)cc1. The first-order chi connectivity index (χ1) is 10.3. The minimum Gasteiger partial charge on any atom is -0.481 e. The van der Waals surface area contributed by atoms with Gasteiger partial charge in [-0.2, -0.15) is 0 Å². The van der Waals surface area contributed by atoms with Gasteiger partial charge in [-0.3, -0.25) is 14.4 Å². The average Bonchev–Trinajstić information content (AvgIpc) is 2.50. The number of aliphatic carboxylic acids is 1. The second-order valence-electron chi connectivity index (χ2n) is 5.94. The summed E-state index contributed by atoms with van der Waals surface area (Å²) in [5, 5.41) is 11.5. The molecule has 1 aromatic carbocycles. The largest absolute Gasteiger partial charge is 0.481 e. The van der Waals surface area contributed by atoms with E-state index in [1.807, 2.05) is 19.1 Å². The Kier molecular flexibility index (Phi) is 6.28. The number of carboxylic acid groups (broad SMARTS) is 1. The van der Waals surface area contributed by atoms with Crippen LogP contribution in [0, 0.1) is 5.41 Å². The van der Waals surface area contributed by atoms with Gasteiger partial charge in [0, 0.05) is 24.9 Å². The van der Waals surface area contributed by atoms with Gasteiger partial charge < -0.3 is 10.4 Å². The number of benzene rings is 1. The van der Waals surface area contributed by atoms with Gasteiger partial charge in [0.1, 0.15) is 0 Å². The zero-order valence-electron chi connectivity index (χ0n) is 13.3. The van der Waals surface area contributed by atoms with Crippen molar-refractivity contribution >= 4 is 17.7 Å². The lowest BCUT2D eigenvalue weighted by atomic mass is 9.94. The topological polar surface area (TPSA) is 83.5 Å². The fourth-order valence-corrected chi connectivity index (χ4v) is 1.78. The quantitative estimate of drug-likeness (QED) is 0.723. The Hall–Kier alpha value is -2.17. The fraction of sp³-hybridized carbons (Fsp3) is 0.471. The minimum absolute atomic E-state index is 0.0422. The van der Waals surface area contributed by atoms with Crippen LogP contribution in [-0.2, 0) is 16.0 Å². The van der Waals surface area contributed by atoms with Crippen molar-refractivity contribution in [1.29, 1.82) is 0 Å². The number of Topliss-reactive ketones (excluding diaryl/α,β-unsaturated/α-hetero) is 1. The summed E-state index contributed by atoms with van der Waals surface area (Å²) >= 11 is 0. The summed E-state index contributed by atoms with van der Waals surface area (Å²) in [4.78, 5) is 34.6. The van der Waals surface area contributed by atoms with Crippen LogP contribution in [0.3, 0.4) is 0 Å². The van der Waals surface area contributed by atoms with Crippen molar-refractivity contribution in [3.8, 4) is 0 Å². The number of carbonyl (C=O) groups excluding carboxylic acids is 2. The first kappa shape index (κ1) is 17.9. The molecule has 0 aliphatic rings. The molecule has 0 fully saturated rings. The van der Waals surface area contributed by atoms with E-state index in [2.05, 4.69) is 5.32 Å². The number of aryl methyl sites for hydroxylation is 1. The first-order valence-corrected chi connectivity index (χ1v) is 7.38. The molecule has 1 amide bonds. The van der Waals surface area contributed by atoms with Crippen LogP contribution in [0.5, 0.6) is 0 Å². The molecule has 0 saturated carbocycles. The van der Waals surface area contributed by atoms with Crippen molar-refractivity contribution < 1.29 is 19.5 Å². The van der Waals surface area contributed by atoms with E-state index in [9.17, 15) is 14.4 Å². The molecule has 0 bridgehead atoms. The van der Waals surface area contributed by atoms with Gasteiger partial charge in [-0.15, -0.1) is 0 Å². The number of hydrogen-bond acceptors (Lipinski definition) is 3. The predicted octanol–water partition coefficient (Wildman–Crippen LogP) is 2.44. The molecule has 0 aromatic heterocycles. The normalized spacial score (nSPS) is 11.0. The highest BCUT2D eigenvalue weighted by molar-refractivity contribution is 5.98. The molecule has 120 valence electrons. The molecule has 0 unspecified atom stereocenters. The number of carboxylic acids is 1. The Labute approximate surface area is 130 Å². The maximum absolute atomic E-state index is 12.0. The third kappa shape index (κ3) is 5.31. The van der Waals surface area contributed by atoms with Crippen molar-refractivity contribution in [2.24, 2.45) is 5.41 Å². The Morgan fingerprint density at radius 2 is 1.68 bits per heavy atom. The van der Waals surface area contributed by atoms with Gasteiger partial charge >= 0.3 is 5.97 Å². The van der Waals surface area contributed by atoms with Gasteiger partial charge in [0.25, 0.3) is 0 Å². The molecule has 0 saturated heterocycles. The lowest BCUT2D eigenvalue weighted by molar-refractivity contribution is -0.146. The molecule has 0 aliphatic carbocycles. The molecule has 0 atom stereocenters. The van der Waals surface area contributed by atoms with E-state index in [1.165, 1.54) is 13.8 Å². The summed E-state index contributed by atoms with van der Waals surface area (Å²) in [6.45, 7) is 5.16. The van der Waals surface area contributed by atoms with Crippen molar-refractivity contribution in [3.63, 3.8) is 0 Å². The number of carbonyl (C=O) groups is 3. The van der Waals surface area contributed by atoms with Crippen LogP contribution in [0.15, 0.2) is 24.3 Å². The maximum Gasteiger partial charge on any atom is 0.310 e. The molecule has 2 N–H and O–H groups in total. The molecule has 5 nitrogen and oxygen atoms in total. The van der Waals surface area contributed by atoms with Crippen LogP contribution in [-0.4, -0.2) is 29.3 Å². The van der Waals surface area contributed by atoms with Crippen LogP contribution in [0.25, 0.3) is 0 Å². The van der Waals surface area contributed by atoms with Gasteiger partial charge in [0.05, 0.1) is 5.41 Å². The molecule has 0 heterocycles. The van der Waals surface area contributed by atoms with Gasteiger partial charge in [-0.05, 0) is 25.8 Å². The Morgan fingerprint density at radius 1 is 1.09 bits per heavy atom. The van der Waals surface area contributed by atoms with Crippen molar-refractivity contribution in [3.05, 3.63) is 35.4 Å². The zero-order valence-corrected chi connectivity index (χ0v) is 13.3. The summed E-state index contributed by atoms with van der Waals surface area (Å²) < 4.78 is 0. The minimum atomic E-state index is -1.02. The number of ketones is 1. The number of hydrogen-bond donors (Lipinski definition) is 2. The van der Waals surface area contributed by atoms with Crippen LogP contribution < -0.4 is 5.32 Å². The first-order valence-electron chi connectivity index (χ1n) is 7.38. The highest BCUT2D eigenvalue weighted by atomic mass is 16.4. The number of amides is 1. The van der Waals surface area contributed by atoms with E-state index < -0.39 is 11.4 Å². The van der Waals surface area contributed by atoms with Gasteiger partial charge in [0.2, 0.25) is 5.91 Å². The molecular formula is C17H23NO4. The van der Waals surface area contributed by atoms with Gasteiger partial charge in [0.15, 0.2) is 5.78 Å². The lowest BCUT2D eigenvalue weighted by Gasteiger charge is -2.19. The Bertz CT molecular complexity index is 546. The zero-order chi connectivity index (χ0) is 16.8. The molecular weight excluding hydrogens is 282 g/mol. The smallest absolute Gasteiger partial charge is 0.310 e. The van der Waals surface area contributed by atoms with E-state index in [1.54, 1.807) is 12.1 Å². The molecule has 1 rings (SSSR count). The standard InChI is InChI=1S/C17H23NO4/c1-4-12-5-7-13(8-6-12)14(19)9-10-15(20)18-11-17(2,3)16(21)22/h5-8H,4,9-11H2,1-3H3,(H,18,20)(H,21,22). The molecule has 0 radical (unpaired) electrons. The predicted molar refractivity (Wildman–Crippen MR) is 83.8 cm³/mol. The average molecular weight is 305 g/mol. The third-order valence-corrected chi connectivity index (χ3v) is 3.57. The van der Waals surface area contributed by atoms with Gasteiger partial charge in [-0.1, -0.05) is 31.2 Å². The van der Waals surface area contributed by atoms with Crippen LogP contribution in [0.4, 0.5) is 0 Å². The third-order valence-electron chi connectivity index (χ3n) is 3.57. The molecule has 1 aromatic rings. The second-order valence-corrected chi connectivity index (χ2v) is 5.94. The summed E-state index contributed by atoms with van der Waals surface area (Å²) in [6, 6.07) is 7.35. The van der Waals surface area contributed by atoms with E-state index in [0.717, 1.165) is 12.0 Å². The summed E-state index contributed by atoms with van der Waals surface area (Å²) in [5.41, 5.74) is 0.733. The number of rotatable bonds is 8. The monoisotopic (exact) mass is 305 g/mol. The highest BCUT2D eigenvalue weighted by Crippen LogP contribution is 2.13. The fourth-order valence-electron chi connectivity index (χ4n) is 1.78. The maximum atomic E-state index is 12.0. The lowest BCUT2D eigenvalue weighted by Crippen LogP contribution is -2.38. The summed E-state index contributed by atoms with van der Waals surface area (Å²) in [5.74, 6) is -1.37. The van der Waals surface area contributed by atoms with Crippen LogP contribution in [0.1, 0.15) is 49.5 Å². The second kappa shape index (κ2) is 7.73. The highest BCUT2D eigenvalue weighted by Gasteiger charge is 2.27. The summed E-state index contributed by atoms with van der Waals surface area (Å²) in [6.07, 6.45) is 1.09. The van der Waals surface area contributed by atoms with Crippen molar-refractivity contribution in [2.75, 3.05) is 6.54 Å². The van der Waals surface area contributed by atoms with E-state index in [-0.39, 0.29) is 31.1 Å². The molecule has 0 aliphatic heterocycles. The van der Waals surface area contributed by atoms with Crippen LogP contribution >= 0.6 is 0 Å². The van der Waals surface area contributed by atoms with Crippen LogP contribution in [0.2, 0.25) is 0 Å². The Balaban J connectivity index is 2.43.